The van der Waals surface area contributed by atoms with Gasteiger partial charge in [0.15, 0.2) is 0 Å². The molecular weight excluding hydrogens is 358 g/mol. The first-order valence-electron chi connectivity index (χ1n) is 12.0. The summed E-state index contributed by atoms with van der Waals surface area (Å²) in [5.74, 6) is 0.890. The van der Waals surface area contributed by atoms with E-state index in [0.717, 1.165) is 25.0 Å². The first kappa shape index (κ1) is 26.0. The molecule has 0 saturated carbocycles. The van der Waals surface area contributed by atoms with E-state index < -0.39 is 6.23 Å². The lowest BCUT2D eigenvalue weighted by Gasteiger charge is -2.33. The first-order valence-corrected chi connectivity index (χ1v) is 12.0. The lowest BCUT2D eigenvalue weighted by atomic mass is 9.76. The third-order valence-electron chi connectivity index (χ3n) is 6.36. The third kappa shape index (κ3) is 9.09. The topological polar surface area (TPSA) is 44.5 Å². The predicted octanol–water partition coefficient (Wildman–Crippen LogP) is 7.36. The summed E-state index contributed by atoms with van der Waals surface area (Å²) < 4.78 is 12.3. The second-order valence-electron chi connectivity index (χ2n) is 9.17. The number of rotatable bonds is 16. The Kier molecular flexibility index (Phi) is 11.9. The van der Waals surface area contributed by atoms with Crippen molar-refractivity contribution in [3.63, 3.8) is 0 Å². The van der Waals surface area contributed by atoms with Crippen LogP contribution in [0.2, 0.25) is 0 Å². The van der Waals surface area contributed by atoms with Gasteiger partial charge in [0.1, 0.15) is 18.6 Å². The van der Waals surface area contributed by atoms with Gasteiger partial charge in [-0.2, -0.15) is 0 Å². The molecule has 0 bridgehead atoms. The van der Waals surface area contributed by atoms with E-state index in [2.05, 4.69) is 59.7 Å². The fraction of sp³-hybridized carbons (Fsp3) is 0.769. The number of ether oxygens (including phenoxy) is 2. The summed E-state index contributed by atoms with van der Waals surface area (Å²) in [5.41, 5.74) is 7.72. The number of hydrogen-bond donors (Lipinski definition) is 1. The van der Waals surface area contributed by atoms with Crippen LogP contribution in [0.3, 0.4) is 0 Å². The van der Waals surface area contributed by atoms with Crippen LogP contribution in [0.15, 0.2) is 24.3 Å². The number of hydrogen-bond acceptors (Lipinski definition) is 3. The van der Waals surface area contributed by atoms with Crippen molar-refractivity contribution in [3.05, 3.63) is 29.8 Å². The zero-order valence-electron chi connectivity index (χ0n) is 20.1. The van der Waals surface area contributed by atoms with E-state index in [4.69, 9.17) is 15.2 Å². The van der Waals surface area contributed by atoms with Crippen molar-refractivity contribution in [3.8, 4) is 5.75 Å². The number of benzene rings is 1. The van der Waals surface area contributed by atoms with Gasteiger partial charge in [-0.15, -0.1) is 0 Å². The van der Waals surface area contributed by atoms with Crippen molar-refractivity contribution in [2.24, 2.45) is 5.73 Å². The van der Waals surface area contributed by atoms with Gasteiger partial charge in [-0.1, -0.05) is 85.3 Å². The average Bonchev–Trinajstić information content (AvgIpc) is 2.73. The molecule has 0 aromatic heterocycles. The smallest absolute Gasteiger partial charge is 0.140 e. The second-order valence-corrected chi connectivity index (χ2v) is 9.17. The van der Waals surface area contributed by atoms with Gasteiger partial charge in [-0.3, -0.25) is 0 Å². The van der Waals surface area contributed by atoms with Crippen LogP contribution >= 0.6 is 0 Å². The molecule has 3 nitrogen and oxygen atoms in total. The summed E-state index contributed by atoms with van der Waals surface area (Å²) in [6, 6.07) is 8.55. The Labute approximate surface area is 180 Å². The van der Waals surface area contributed by atoms with Gasteiger partial charge in [-0.25, -0.2) is 0 Å². The molecule has 0 spiro atoms. The Morgan fingerprint density at radius 3 is 2.03 bits per heavy atom. The Hall–Kier alpha value is -1.06. The molecule has 0 amide bonds. The molecule has 168 valence electrons. The highest BCUT2D eigenvalue weighted by molar-refractivity contribution is 5.33. The standard InChI is InChI=1S/C26H47NO2/c1-7-11-17-25(5,10-4)22-15-14-16-23(20-22)28-21-24(27)29-26(6,18-12-8-2)19-13-9-3/h14-16,20,24H,7-13,17-19,21,27H2,1-6H3. The Morgan fingerprint density at radius 2 is 1.48 bits per heavy atom. The van der Waals surface area contributed by atoms with Crippen LogP contribution < -0.4 is 10.5 Å². The van der Waals surface area contributed by atoms with E-state index in [1.165, 1.54) is 50.5 Å². The van der Waals surface area contributed by atoms with Gasteiger partial charge in [0.2, 0.25) is 0 Å². The molecular formula is C26H47NO2. The first-order chi connectivity index (χ1) is 13.8. The molecule has 1 aromatic rings. The minimum absolute atomic E-state index is 0.155. The molecule has 0 fully saturated rings. The van der Waals surface area contributed by atoms with Crippen LogP contribution in [0, 0.1) is 0 Å². The van der Waals surface area contributed by atoms with Crippen molar-refractivity contribution in [2.75, 3.05) is 6.61 Å². The third-order valence-corrected chi connectivity index (χ3v) is 6.36. The van der Waals surface area contributed by atoms with E-state index in [1.54, 1.807) is 0 Å². The maximum Gasteiger partial charge on any atom is 0.140 e. The van der Waals surface area contributed by atoms with E-state index >= 15 is 0 Å². The zero-order chi connectivity index (χ0) is 21.8. The quantitative estimate of drug-likeness (QED) is 0.292. The largest absolute Gasteiger partial charge is 0.489 e. The molecule has 1 aromatic carbocycles. The van der Waals surface area contributed by atoms with Crippen molar-refractivity contribution in [2.45, 2.75) is 123 Å². The Bertz CT molecular complexity index is 551. The minimum atomic E-state index is -0.407. The summed E-state index contributed by atoms with van der Waals surface area (Å²) in [6.07, 6.45) is 11.2. The van der Waals surface area contributed by atoms with Crippen LogP contribution in [0.25, 0.3) is 0 Å². The highest BCUT2D eigenvalue weighted by atomic mass is 16.6. The normalized spacial score (nSPS) is 15.1. The Morgan fingerprint density at radius 1 is 0.897 bits per heavy atom. The van der Waals surface area contributed by atoms with Gasteiger partial charge < -0.3 is 15.2 Å². The summed E-state index contributed by atoms with van der Waals surface area (Å²) in [6.45, 7) is 13.9. The molecule has 2 atom stereocenters. The fourth-order valence-electron chi connectivity index (χ4n) is 3.98. The van der Waals surface area contributed by atoms with Gasteiger partial charge in [0.25, 0.3) is 0 Å². The lowest BCUT2D eigenvalue weighted by Crippen LogP contribution is -2.41. The molecule has 3 heteroatoms. The monoisotopic (exact) mass is 405 g/mol. The van der Waals surface area contributed by atoms with E-state index in [9.17, 15) is 0 Å². The van der Waals surface area contributed by atoms with Crippen molar-refractivity contribution in [1.82, 2.24) is 0 Å². The Balaban J connectivity index is 2.71. The number of nitrogens with two attached hydrogens (primary N) is 1. The van der Waals surface area contributed by atoms with Crippen LogP contribution in [0.5, 0.6) is 5.75 Å². The molecule has 0 aliphatic heterocycles. The van der Waals surface area contributed by atoms with Gasteiger partial charge >= 0.3 is 0 Å². The fourth-order valence-corrected chi connectivity index (χ4v) is 3.98. The maximum absolute atomic E-state index is 6.32. The minimum Gasteiger partial charge on any atom is -0.489 e. The van der Waals surface area contributed by atoms with E-state index in [1.807, 2.05) is 6.07 Å². The van der Waals surface area contributed by atoms with Gasteiger partial charge in [0, 0.05) is 0 Å². The summed E-state index contributed by atoms with van der Waals surface area (Å²) in [7, 11) is 0. The number of unbranched alkanes of at least 4 members (excludes halogenated alkanes) is 3. The molecule has 0 saturated heterocycles. The molecule has 2 unspecified atom stereocenters. The van der Waals surface area contributed by atoms with Gasteiger partial charge in [0.05, 0.1) is 5.60 Å². The van der Waals surface area contributed by atoms with Crippen molar-refractivity contribution >= 4 is 0 Å². The van der Waals surface area contributed by atoms with Crippen molar-refractivity contribution < 1.29 is 9.47 Å². The van der Waals surface area contributed by atoms with Crippen LogP contribution in [-0.2, 0) is 10.2 Å². The molecule has 0 aliphatic rings. The highest BCUT2D eigenvalue weighted by Gasteiger charge is 2.27. The molecule has 0 aliphatic carbocycles. The maximum atomic E-state index is 6.32. The summed E-state index contributed by atoms with van der Waals surface area (Å²) in [5, 5.41) is 0. The summed E-state index contributed by atoms with van der Waals surface area (Å²) in [4.78, 5) is 0. The van der Waals surface area contributed by atoms with Crippen LogP contribution in [-0.4, -0.2) is 18.4 Å². The van der Waals surface area contributed by atoms with Gasteiger partial charge in [-0.05, 0) is 55.7 Å². The van der Waals surface area contributed by atoms with Crippen LogP contribution in [0.4, 0.5) is 0 Å². The van der Waals surface area contributed by atoms with Crippen LogP contribution in [0.1, 0.15) is 111 Å². The molecule has 29 heavy (non-hydrogen) atoms. The van der Waals surface area contributed by atoms with E-state index in [0.29, 0.717) is 6.61 Å². The molecule has 1 rings (SSSR count). The zero-order valence-corrected chi connectivity index (χ0v) is 20.1. The predicted molar refractivity (Wildman–Crippen MR) is 126 cm³/mol. The lowest BCUT2D eigenvalue weighted by molar-refractivity contribution is -0.104. The molecule has 2 N–H and O–H groups in total. The molecule has 0 heterocycles. The summed E-state index contributed by atoms with van der Waals surface area (Å²) >= 11 is 0. The SMILES string of the molecule is CCCCC(C)(CCCC)OC(N)COc1cccc(C(C)(CC)CCCC)c1. The second kappa shape index (κ2) is 13.3. The van der Waals surface area contributed by atoms with Crippen molar-refractivity contribution in [1.29, 1.82) is 0 Å². The van der Waals surface area contributed by atoms with E-state index in [-0.39, 0.29) is 11.0 Å². The average molecular weight is 406 g/mol. The highest BCUT2D eigenvalue weighted by Crippen LogP contribution is 2.34. The molecule has 0 radical (unpaired) electrons.